The Labute approximate surface area is 180 Å². The van der Waals surface area contributed by atoms with Crippen LogP contribution in [0.25, 0.3) is 6.08 Å². The largest absolute Gasteiger partial charge is 0.496 e. The molecule has 1 heterocycles. The van der Waals surface area contributed by atoms with Gasteiger partial charge in [-0.15, -0.1) is 0 Å². The fraction of sp³-hybridized carbons (Fsp3) is 0.286. The van der Waals surface area contributed by atoms with E-state index in [1.807, 2.05) is 0 Å². The second-order valence-electron chi connectivity index (χ2n) is 6.76. The molecular formula is C21H22ClFN2O4S. The highest BCUT2D eigenvalue weighted by molar-refractivity contribution is 7.89. The Balaban J connectivity index is 1.68. The van der Waals surface area contributed by atoms with Crippen molar-refractivity contribution in [3.05, 3.63) is 64.9 Å². The lowest BCUT2D eigenvalue weighted by molar-refractivity contribution is -0.125. The topological polar surface area (TPSA) is 66.9 Å². The van der Waals surface area contributed by atoms with Crippen LogP contribution in [0.2, 0.25) is 5.02 Å². The zero-order valence-corrected chi connectivity index (χ0v) is 18.0. The normalized spacial score (nSPS) is 15.9. The van der Waals surface area contributed by atoms with E-state index < -0.39 is 15.8 Å². The number of carbonyl (C=O) groups is 1. The van der Waals surface area contributed by atoms with Crippen molar-refractivity contribution in [2.75, 3.05) is 33.3 Å². The first-order valence-corrected chi connectivity index (χ1v) is 11.2. The molecule has 1 fully saturated rings. The minimum absolute atomic E-state index is 0.0385. The Morgan fingerprint density at radius 3 is 2.53 bits per heavy atom. The SMILES string of the molecule is COc1ccc(Cl)cc1/C=C/C(=O)N1CCCN(S(=O)(=O)c2ccc(F)cc2)CC1. The van der Waals surface area contributed by atoms with Crippen molar-refractivity contribution in [2.24, 2.45) is 0 Å². The minimum Gasteiger partial charge on any atom is -0.496 e. The molecule has 0 aromatic heterocycles. The van der Waals surface area contributed by atoms with Crippen LogP contribution in [-0.4, -0.2) is 56.8 Å². The summed E-state index contributed by atoms with van der Waals surface area (Å²) in [4.78, 5) is 14.3. The first-order valence-electron chi connectivity index (χ1n) is 9.37. The van der Waals surface area contributed by atoms with Crippen LogP contribution in [0.4, 0.5) is 4.39 Å². The van der Waals surface area contributed by atoms with Gasteiger partial charge in [0.05, 0.1) is 12.0 Å². The van der Waals surface area contributed by atoms with Gasteiger partial charge in [-0.3, -0.25) is 4.79 Å². The Kier molecular flexibility index (Phi) is 7.12. The molecule has 2 aromatic rings. The summed E-state index contributed by atoms with van der Waals surface area (Å²) in [5.74, 6) is -0.126. The summed E-state index contributed by atoms with van der Waals surface area (Å²) in [6.45, 7) is 1.15. The number of benzene rings is 2. The predicted molar refractivity (Wildman–Crippen MR) is 113 cm³/mol. The molecule has 0 radical (unpaired) electrons. The van der Waals surface area contributed by atoms with E-state index >= 15 is 0 Å². The maximum Gasteiger partial charge on any atom is 0.246 e. The maximum absolute atomic E-state index is 13.1. The highest BCUT2D eigenvalue weighted by Gasteiger charge is 2.27. The van der Waals surface area contributed by atoms with E-state index in [4.69, 9.17) is 16.3 Å². The lowest BCUT2D eigenvalue weighted by atomic mass is 10.2. The molecule has 0 aliphatic carbocycles. The molecule has 0 N–H and O–H groups in total. The predicted octanol–water partition coefficient (Wildman–Crippen LogP) is 3.42. The minimum atomic E-state index is -3.74. The van der Waals surface area contributed by atoms with Gasteiger partial charge in [-0.25, -0.2) is 12.8 Å². The number of amides is 1. The summed E-state index contributed by atoms with van der Waals surface area (Å²) in [6.07, 6.45) is 3.56. The van der Waals surface area contributed by atoms with Crippen LogP contribution in [0.15, 0.2) is 53.4 Å². The first-order chi connectivity index (χ1) is 14.3. The van der Waals surface area contributed by atoms with Gasteiger partial charge >= 0.3 is 0 Å². The standard InChI is InChI=1S/C21H22ClFN2O4S/c1-29-20-9-4-17(22)15-16(20)3-10-21(26)24-11-2-12-25(14-13-24)30(27,28)19-7-5-18(23)6-8-19/h3-10,15H,2,11-14H2,1H3/b10-3+. The lowest BCUT2D eigenvalue weighted by Gasteiger charge is -2.21. The second kappa shape index (κ2) is 9.59. The molecule has 1 aliphatic heterocycles. The number of methoxy groups -OCH3 is 1. The Morgan fingerprint density at radius 2 is 1.83 bits per heavy atom. The van der Waals surface area contributed by atoms with Gasteiger partial charge in [0.2, 0.25) is 15.9 Å². The van der Waals surface area contributed by atoms with Crippen LogP contribution in [0, 0.1) is 5.82 Å². The van der Waals surface area contributed by atoms with Crippen LogP contribution in [0.1, 0.15) is 12.0 Å². The van der Waals surface area contributed by atoms with E-state index in [-0.39, 0.29) is 30.4 Å². The highest BCUT2D eigenvalue weighted by Crippen LogP contribution is 2.24. The van der Waals surface area contributed by atoms with Gasteiger partial charge in [-0.05, 0) is 55.0 Å². The molecule has 1 amide bonds. The third-order valence-electron chi connectivity index (χ3n) is 4.82. The molecule has 2 aromatic carbocycles. The molecule has 0 saturated carbocycles. The molecule has 1 saturated heterocycles. The van der Waals surface area contributed by atoms with Gasteiger partial charge in [0.1, 0.15) is 11.6 Å². The number of sulfonamides is 1. The van der Waals surface area contributed by atoms with E-state index in [2.05, 4.69) is 0 Å². The van der Waals surface area contributed by atoms with Crippen LogP contribution in [0.5, 0.6) is 5.75 Å². The molecular weight excluding hydrogens is 431 g/mol. The van der Waals surface area contributed by atoms with Gasteiger partial charge in [-0.2, -0.15) is 4.31 Å². The van der Waals surface area contributed by atoms with Gasteiger partial charge in [0.25, 0.3) is 0 Å². The van der Waals surface area contributed by atoms with Crippen molar-refractivity contribution in [2.45, 2.75) is 11.3 Å². The molecule has 160 valence electrons. The Hall–Kier alpha value is -2.42. The molecule has 30 heavy (non-hydrogen) atoms. The summed E-state index contributed by atoms with van der Waals surface area (Å²) >= 11 is 6.01. The second-order valence-corrected chi connectivity index (χ2v) is 9.13. The van der Waals surface area contributed by atoms with Crippen LogP contribution >= 0.6 is 11.6 Å². The van der Waals surface area contributed by atoms with Crippen molar-refractivity contribution >= 4 is 33.6 Å². The van der Waals surface area contributed by atoms with Gasteiger partial charge in [-0.1, -0.05) is 11.6 Å². The molecule has 3 rings (SSSR count). The molecule has 0 atom stereocenters. The van der Waals surface area contributed by atoms with E-state index in [0.29, 0.717) is 29.3 Å². The monoisotopic (exact) mass is 452 g/mol. The van der Waals surface area contributed by atoms with E-state index in [9.17, 15) is 17.6 Å². The average Bonchev–Trinajstić information content (AvgIpc) is 2.99. The van der Waals surface area contributed by atoms with Gasteiger partial charge < -0.3 is 9.64 Å². The quantitative estimate of drug-likeness (QED) is 0.652. The van der Waals surface area contributed by atoms with Crippen molar-refractivity contribution in [1.82, 2.24) is 9.21 Å². The van der Waals surface area contributed by atoms with E-state index in [0.717, 1.165) is 12.1 Å². The molecule has 0 unspecified atom stereocenters. The Bertz CT molecular complexity index is 1040. The molecule has 0 bridgehead atoms. The average molecular weight is 453 g/mol. The molecule has 1 aliphatic rings. The maximum atomic E-state index is 13.1. The van der Waals surface area contributed by atoms with Crippen molar-refractivity contribution in [3.63, 3.8) is 0 Å². The molecule has 9 heteroatoms. The number of nitrogens with zero attached hydrogens (tertiary/aromatic N) is 2. The van der Waals surface area contributed by atoms with Crippen molar-refractivity contribution in [1.29, 1.82) is 0 Å². The van der Waals surface area contributed by atoms with Crippen LogP contribution < -0.4 is 4.74 Å². The smallest absolute Gasteiger partial charge is 0.246 e. The fourth-order valence-electron chi connectivity index (χ4n) is 3.21. The summed E-state index contributed by atoms with van der Waals surface area (Å²) < 4.78 is 45.3. The lowest BCUT2D eigenvalue weighted by Crippen LogP contribution is -2.36. The number of halogens is 2. The molecule has 6 nitrogen and oxygen atoms in total. The zero-order valence-electron chi connectivity index (χ0n) is 16.4. The summed E-state index contributed by atoms with van der Waals surface area (Å²) in [6, 6.07) is 9.86. The number of carbonyl (C=O) groups excluding carboxylic acids is 1. The van der Waals surface area contributed by atoms with E-state index in [1.165, 1.54) is 29.6 Å². The first kappa shape index (κ1) is 22.3. The number of ether oxygens (including phenoxy) is 1. The number of hydrogen-bond donors (Lipinski definition) is 0. The van der Waals surface area contributed by atoms with Gasteiger partial charge in [0, 0.05) is 42.8 Å². The van der Waals surface area contributed by atoms with Gasteiger partial charge in [0.15, 0.2) is 0 Å². The summed E-state index contributed by atoms with van der Waals surface area (Å²) in [5, 5.41) is 0.527. The Morgan fingerprint density at radius 1 is 1.10 bits per heavy atom. The highest BCUT2D eigenvalue weighted by atomic mass is 35.5. The van der Waals surface area contributed by atoms with Crippen molar-refractivity contribution in [3.8, 4) is 5.75 Å². The number of rotatable bonds is 5. The number of hydrogen-bond acceptors (Lipinski definition) is 4. The van der Waals surface area contributed by atoms with Crippen molar-refractivity contribution < 1.29 is 22.3 Å². The summed E-state index contributed by atoms with van der Waals surface area (Å²) in [5.41, 5.74) is 0.675. The van der Waals surface area contributed by atoms with Crippen LogP contribution in [-0.2, 0) is 14.8 Å². The third kappa shape index (κ3) is 5.19. The summed E-state index contributed by atoms with van der Waals surface area (Å²) in [7, 11) is -2.21. The molecule has 0 spiro atoms. The third-order valence-corrected chi connectivity index (χ3v) is 6.96. The van der Waals surface area contributed by atoms with E-state index in [1.54, 1.807) is 29.2 Å². The zero-order chi connectivity index (χ0) is 21.7. The fourth-order valence-corrected chi connectivity index (χ4v) is 4.86. The van der Waals surface area contributed by atoms with Crippen LogP contribution in [0.3, 0.4) is 0 Å².